The topological polar surface area (TPSA) is 75.8 Å². The first-order chi connectivity index (χ1) is 11.5. The maximum atomic E-state index is 11.5. The molecular weight excluding hydrogens is 304 g/mol. The number of esters is 1. The van der Waals surface area contributed by atoms with Crippen molar-refractivity contribution in [3.05, 3.63) is 66.7 Å². The van der Waals surface area contributed by atoms with Crippen LogP contribution in [0.3, 0.4) is 0 Å². The summed E-state index contributed by atoms with van der Waals surface area (Å²) < 4.78 is 5.02. The fraction of sp³-hybridized carbons (Fsp3) is 0.211. The quantitative estimate of drug-likeness (QED) is 0.465. The predicted octanol–water partition coefficient (Wildman–Crippen LogP) is 2.89. The molecule has 0 saturated carbocycles. The molecule has 0 aliphatic carbocycles. The minimum atomic E-state index is -0.867. The number of hydrogen-bond acceptors (Lipinski definition) is 5. The Morgan fingerprint density at radius 1 is 1.21 bits per heavy atom. The Labute approximate surface area is 142 Å². The van der Waals surface area contributed by atoms with Crippen LogP contribution in [0.15, 0.2) is 66.7 Å². The number of nitrogens with zero attached hydrogens (tertiary/aromatic N) is 1. The van der Waals surface area contributed by atoms with Gasteiger partial charge in [0, 0.05) is 11.3 Å². The molecule has 5 nitrogen and oxygen atoms in total. The van der Waals surface area contributed by atoms with E-state index in [-0.39, 0.29) is 13.2 Å². The highest BCUT2D eigenvalue weighted by molar-refractivity contribution is 5.86. The molecule has 0 heterocycles. The van der Waals surface area contributed by atoms with Gasteiger partial charge in [0.25, 0.3) is 0 Å². The van der Waals surface area contributed by atoms with Crippen molar-refractivity contribution in [2.75, 3.05) is 23.8 Å². The number of nitrogens with two attached hydrogens (primary N) is 1. The molecule has 24 heavy (non-hydrogen) atoms. The van der Waals surface area contributed by atoms with Crippen LogP contribution in [-0.2, 0) is 9.53 Å². The van der Waals surface area contributed by atoms with E-state index < -0.39 is 12.1 Å². The molecule has 2 rings (SSSR count). The van der Waals surface area contributed by atoms with Gasteiger partial charge < -0.3 is 20.5 Å². The maximum absolute atomic E-state index is 11.5. The number of hydrogen-bond donors (Lipinski definition) is 2. The second-order valence-corrected chi connectivity index (χ2v) is 5.54. The molecule has 0 radical (unpaired) electrons. The Kier molecular flexibility index (Phi) is 5.98. The number of nitrogen functional groups attached to an aromatic ring is 1. The molecule has 126 valence electrons. The summed E-state index contributed by atoms with van der Waals surface area (Å²) in [6, 6.07) is 17.0. The summed E-state index contributed by atoms with van der Waals surface area (Å²) in [5.74, 6) is -0.514. The first kappa shape index (κ1) is 17.6. The number of ether oxygens (including phenoxy) is 1. The van der Waals surface area contributed by atoms with Crippen molar-refractivity contribution < 1.29 is 14.6 Å². The van der Waals surface area contributed by atoms with Crippen LogP contribution in [0, 0.1) is 0 Å². The van der Waals surface area contributed by atoms with E-state index in [0.717, 1.165) is 11.4 Å². The molecule has 5 heteroatoms. The summed E-state index contributed by atoms with van der Waals surface area (Å²) in [6.07, 6.45) is -0.867. The average molecular weight is 326 g/mol. The second kappa shape index (κ2) is 8.17. The van der Waals surface area contributed by atoms with E-state index in [9.17, 15) is 9.90 Å². The predicted molar refractivity (Wildman–Crippen MR) is 96.1 cm³/mol. The molecule has 2 aromatic rings. The molecule has 1 atom stereocenters. The van der Waals surface area contributed by atoms with Gasteiger partial charge in [-0.3, -0.25) is 0 Å². The van der Waals surface area contributed by atoms with E-state index in [0.29, 0.717) is 11.3 Å². The number of carbonyl (C=O) groups excluding carboxylic acids is 1. The number of benzene rings is 2. The summed E-state index contributed by atoms with van der Waals surface area (Å²) in [7, 11) is 0. The maximum Gasteiger partial charge on any atom is 0.333 e. The first-order valence-electron chi connectivity index (χ1n) is 7.67. The van der Waals surface area contributed by atoms with Gasteiger partial charge in [-0.2, -0.15) is 0 Å². The molecule has 0 bridgehead atoms. The first-order valence-corrected chi connectivity index (χ1v) is 7.67. The lowest BCUT2D eigenvalue weighted by molar-refractivity contribution is -0.141. The Hall–Kier alpha value is -2.79. The standard InChI is InChI=1S/C19H22N2O3/c1-14(2)19(23)24-13-16(22)12-21(15-8-4-3-5-9-15)18-11-7-6-10-17(18)20/h3-11,16,22H,1,12-13,20H2,2H3. The fourth-order valence-corrected chi connectivity index (χ4v) is 2.24. The molecular formula is C19H22N2O3. The Morgan fingerprint density at radius 2 is 1.83 bits per heavy atom. The minimum absolute atomic E-state index is 0.109. The molecule has 1 unspecified atom stereocenters. The van der Waals surface area contributed by atoms with Crippen molar-refractivity contribution in [2.45, 2.75) is 13.0 Å². The highest BCUT2D eigenvalue weighted by Crippen LogP contribution is 2.30. The van der Waals surface area contributed by atoms with Crippen LogP contribution in [0.2, 0.25) is 0 Å². The summed E-state index contributed by atoms with van der Waals surface area (Å²) in [4.78, 5) is 13.4. The smallest absolute Gasteiger partial charge is 0.333 e. The van der Waals surface area contributed by atoms with Crippen LogP contribution in [0.25, 0.3) is 0 Å². The molecule has 0 aliphatic rings. The van der Waals surface area contributed by atoms with Crippen molar-refractivity contribution in [1.82, 2.24) is 0 Å². The summed E-state index contributed by atoms with van der Waals surface area (Å²) in [5.41, 5.74) is 8.66. The number of rotatable bonds is 7. The van der Waals surface area contributed by atoms with Crippen LogP contribution >= 0.6 is 0 Å². The third kappa shape index (κ3) is 4.60. The van der Waals surface area contributed by atoms with Gasteiger partial charge in [-0.15, -0.1) is 0 Å². The fourth-order valence-electron chi connectivity index (χ4n) is 2.24. The van der Waals surface area contributed by atoms with Gasteiger partial charge in [0.2, 0.25) is 0 Å². The van der Waals surface area contributed by atoms with Crippen molar-refractivity contribution in [1.29, 1.82) is 0 Å². The Bertz CT molecular complexity index is 701. The number of aliphatic hydroxyl groups is 1. The normalized spacial score (nSPS) is 11.6. The van der Waals surface area contributed by atoms with Crippen molar-refractivity contribution in [3.63, 3.8) is 0 Å². The lowest BCUT2D eigenvalue weighted by atomic mass is 10.2. The Balaban J connectivity index is 2.17. The number of para-hydroxylation sites is 3. The van der Waals surface area contributed by atoms with Gasteiger partial charge >= 0.3 is 5.97 Å². The van der Waals surface area contributed by atoms with Crippen LogP contribution in [0.1, 0.15) is 6.92 Å². The zero-order chi connectivity index (χ0) is 17.5. The summed E-state index contributed by atoms with van der Waals surface area (Å²) >= 11 is 0. The second-order valence-electron chi connectivity index (χ2n) is 5.54. The zero-order valence-electron chi connectivity index (χ0n) is 13.7. The van der Waals surface area contributed by atoms with Gasteiger partial charge in [0.1, 0.15) is 12.7 Å². The molecule has 0 fully saturated rings. The molecule has 2 aromatic carbocycles. The molecule has 0 aliphatic heterocycles. The molecule has 0 amide bonds. The average Bonchev–Trinajstić information content (AvgIpc) is 2.59. The SMILES string of the molecule is C=C(C)C(=O)OCC(O)CN(c1ccccc1)c1ccccc1N. The van der Waals surface area contributed by atoms with E-state index in [1.165, 1.54) is 0 Å². The van der Waals surface area contributed by atoms with Crippen LogP contribution < -0.4 is 10.6 Å². The number of aliphatic hydroxyl groups excluding tert-OH is 1. The van der Waals surface area contributed by atoms with E-state index in [1.807, 2.05) is 53.4 Å². The molecule has 3 N–H and O–H groups in total. The van der Waals surface area contributed by atoms with E-state index in [1.54, 1.807) is 13.0 Å². The van der Waals surface area contributed by atoms with E-state index in [4.69, 9.17) is 10.5 Å². The van der Waals surface area contributed by atoms with Crippen molar-refractivity contribution >= 4 is 23.0 Å². The largest absolute Gasteiger partial charge is 0.460 e. The van der Waals surface area contributed by atoms with E-state index >= 15 is 0 Å². The third-order valence-electron chi connectivity index (χ3n) is 3.44. The summed E-state index contributed by atoms with van der Waals surface area (Å²) in [6.45, 7) is 5.21. The minimum Gasteiger partial charge on any atom is -0.460 e. The van der Waals surface area contributed by atoms with Crippen LogP contribution in [-0.4, -0.2) is 30.3 Å². The van der Waals surface area contributed by atoms with Gasteiger partial charge in [0.05, 0.1) is 17.9 Å². The lowest BCUT2D eigenvalue weighted by Crippen LogP contribution is -2.33. The Morgan fingerprint density at radius 3 is 2.46 bits per heavy atom. The monoisotopic (exact) mass is 326 g/mol. The zero-order valence-corrected chi connectivity index (χ0v) is 13.7. The van der Waals surface area contributed by atoms with Gasteiger partial charge in [-0.1, -0.05) is 36.9 Å². The molecule has 0 aromatic heterocycles. The number of anilines is 3. The molecule has 0 spiro atoms. The highest BCUT2D eigenvalue weighted by Gasteiger charge is 2.18. The van der Waals surface area contributed by atoms with E-state index in [2.05, 4.69) is 6.58 Å². The van der Waals surface area contributed by atoms with Gasteiger partial charge in [-0.05, 0) is 31.2 Å². The highest BCUT2D eigenvalue weighted by atomic mass is 16.5. The van der Waals surface area contributed by atoms with Crippen LogP contribution in [0.4, 0.5) is 17.1 Å². The van der Waals surface area contributed by atoms with Crippen LogP contribution in [0.5, 0.6) is 0 Å². The van der Waals surface area contributed by atoms with Gasteiger partial charge in [0.15, 0.2) is 0 Å². The molecule has 0 saturated heterocycles. The lowest BCUT2D eigenvalue weighted by Gasteiger charge is -2.28. The van der Waals surface area contributed by atoms with Gasteiger partial charge in [-0.25, -0.2) is 4.79 Å². The van der Waals surface area contributed by atoms with Crippen molar-refractivity contribution in [2.24, 2.45) is 0 Å². The number of carbonyl (C=O) groups is 1. The third-order valence-corrected chi connectivity index (χ3v) is 3.44. The summed E-state index contributed by atoms with van der Waals surface area (Å²) in [5, 5.41) is 10.3. The van der Waals surface area contributed by atoms with Crippen molar-refractivity contribution in [3.8, 4) is 0 Å².